The van der Waals surface area contributed by atoms with Crippen LogP contribution in [0.15, 0.2) is 0 Å². The first-order valence-electron chi connectivity index (χ1n) is 8.63. The Labute approximate surface area is 133 Å². The number of hydrogen-bond acceptors (Lipinski definition) is 4. The van der Waals surface area contributed by atoms with Crippen molar-refractivity contribution in [2.45, 2.75) is 70.9 Å². The summed E-state index contributed by atoms with van der Waals surface area (Å²) in [4.78, 5) is 9.24. The fraction of sp³-hybridized carbons (Fsp3) is 0.824. The van der Waals surface area contributed by atoms with Gasteiger partial charge in [0.1, 0.15) is 5.01 Å². The zero-order valence-corrected chi connectivity index (χ0v) is 14.6. The summed E-state index contributed by atoms with van der Waals surface area (Å²) in [5, 5.41) is 5.20. The Bertz CT molecular complexity index is 461. The average molecular weight is 308 g/mol. The van der Waals surface area contributed by atoms with Gasteiger partial charge in [-0.2, -0.15) is 0 Å². The summed E-state index contributed by atoms with van der Waals surface area (Å²) in [7, 11) is 0. The van der Waals surface area contributed by atoms with Crippen LogP contribution in [0.4, 0.5) is 0 Å². The van der Waals surface area contributed by atoms with Crippen LogP contribution in [0, 0.1) is 0 Å². The van der Waals surface area contributed by atoms with E-state index in [1.165, 1.54) is 62.3 Å². The van der Waals surface area contributed by atoms with Crippen molar-refractivity contribution in [3.8, 4) is 0 Å². The van der Waals surface area contributed by atoms with Crippen molar-refractivity contribution in [3.63, 3.8) is 0 Å². The van der Waals surface area contributed by atoms with E-state index in [9.17, 15) is 0 Å². The highest BCUT2D eigenvalue weighted by molar-refractivity contribution is 7.12. The lowest BCUT2D eigenvalue weighted by Gasteiger charge is -2.32. The normalized spacial score (nSPS) is 27.0. The maximum atomic E-state index is 5.05. The van der Waals surface area contributed by atoms with Crippen LogP contribution in [0.2, 0.25) is 0 Å². The largest absolute Gasteiger partial charge is 0.306 e. The fourth-order valence-electron chi connectivity index (χ4n) is 3.87. The first kappa shape index (κ1) is 15.4. The van der Waals surface area contributed by atoms with Gasteiger partial charge in [0.15, 0.2) is 0 Å². The third-order valence-electron chi connectivity index (χ3n) is 5.13. The average Bonchev–Trinajstić information content (AvgIpc) is 2.96. The summed E-state index contributed by atoms with van der Waals surface area (Å²) in [5.74, 6) is 0. The van der Waals surface area contributed by atoms with E-state index in [0.717, 1.165) is 6.54 Å². The number of rotatable bonds is 4. The number of aryl methyl sites for hydroxylation is 2. The zero-order valence-electron chi connectivity index (χ0n) is 13.7. The summed E-state index contributed by atoms with van der Waals surface area (Å²) >= 11 is 1.99. The Hall–Kier alpha value is -0.450. The van der Waals surface area contributed by atoms with E-state index in [2.05, 4.69) is 31.0 Å². The standard InChI is InChI=1S/C17H29N3S/c1-4-18-17(9-6-11-20(12-10-17)13(2)3)16-19-14-7-5-8-15(14)21-16/h13,18H,4-12H2,1-3H3. The van der Waals surface area contributed by atoms with E-state index in [1.54, 1.807) is 4.88 Å². The molecule has 0 saturated carbocycles. The van der Waals surface area contributed by atoms with Crippen LogP contribution in [0.1, 0.15) is 62.0 Å². The summed E-state index contributed by atoms with van der Waals surface area (Å²) in [6.07, 6.45) is 7.47. The second kappa shape index (κ2) is 6.35. The van der Waals surface area contributed by atoms with Crippen LogP contribution in [0.3, 0.4) is 0 Å². The van der Waals surface area contributed by atoms with Gasteiger partial charge in [0, 0.05) is 17.5 Å². The van der Waals surface area contributed by atoms with E-state index >= 15 is 0 Å². The predicted molar refractivity (Wildman–Crippen MR) is 90.1 cm³/mol. The van der Waals surface area contributed by atoms with E-state index < -0.39 is 0 Å². The van der Waals surface area contributed by atoms with Crippen LogP contribution in [-0.4, -0.2) is 35.6 Å². The number of likely N-dealkylation sites (tertiary alicyclic amines) is 1. The quantitative estimate of drug-likeness (QED) is 0.925. The molecule has 0 radical (unpaired) electrons. The summed E-state index contributed by atoms with van der Waals surface area (Å²) in [6.45, 7) is 10.3. The maximum absolute atomic E-state index is 5.05. The first-order chi connectivity index (χ1) is 10.1. The Balaban J connectivity index is 1.84. The Morgan fingerprint density at radius 3 is 2.81 bits per heavy atom. The summed E-state index contributed by atoms with van der Waals surface area (Å²) < 4.78 is 0. The number of nitrogens with zero attached hydrogens (tertiary/aromatic N) is 2. The van der Waals surface area contributed by atoms with E-state index in [4.69, 9.17) is 4.98 Å². The minimum atomic E-state index is 0.132. The molecule has 0 spiro atoms. The number of nitrogens with one attached hydrogen (secondary N) is 1. The fourth-order valence-corrected chi connectivity index (χ4v) is 5.24. The highest BCUT2D eigenvalue weighted by atomic mass is 32.1. The lowest BCUT2D eigenvalue weighted by molar-refractivity contribution is 0.218. The van der Waals surface area contributed by atoms with Crippen molar-refractivity contribution in [3.05, 3.63) is 15.6 Å². The molecule has 1 aliphatic heterocycles. The van der Waals surface area contributed by atoms with E-state index in [1.807, 2.05) is 11.3 Å². The molecule has 2 aliphatic rings. The van der Waals surface area contributed by atoms with Crippen molar-refractivity contribution in [1.82, 2.24) is 15.2 Å². The molecule has 1 atom stereocenters. The molecule has 1 saturated heterocycles. The van der Waals surface area contributed by atoms with Crippen LogP contribution >= 0.6 is 11.3 Å². The zero-order chi connectivity index (χ0) is 14.9. The van der Waals surface area contributed by atoms with Crippen molar-refractivity contribution < 1.29 is 0 Å². The van der Waals surface area contributed by atoms with Crippen LogP contribution in [0.5, 0.6) is 0 Å². The van der Waals surface area contributed by atoms with Crippen molar-refractivity contribution >= 4 is 11.3 Å². The van der Waals surface area contributed by atoms with Gasteiger partial charge in [-0.05, 0) is 65.5 Å². The van der Waals surface area contributed by atoms with Crippen LogP contribution in [0.25, 0.3) is 0 Å². The highest BCUT2D eigenvalue weighted by Crippen LogP contribution is 2.39. The molecular weight excluding hydrogens is 278 g/mol. The minimum absolute atomic E-state index is 0.132. The third kappa shape index (κ3) is 3.03. The molecule has 0 bridgehead atoms. The number of hydrogen-bond donors (Lipinski definition) is 1. The maximum Gasteiger partial charge on any atom is 0.113 e. The first-order valence-corrected chi connectivity index (χ1v) is 9.44. The van der Waals surface area contributed by atoms with Gasteiger partial charge < -0.3 is 10.2 Å². The Kier molecular flexibility index (Phi) is 4.67. The van der Waals surface area contributed by atoms with Gasteiger partial charge in [-0.3, -0.25) is 0 Å². The molecule has 1 fully saturated rings. The number of aromatic nitrogens is 1. The second-order valence-electron chi connectivity index (χ2n) is 6.84. The number of thiazole rings is 1. The van der Waals surface area contributed by atoms with Crippen molar-refractivity contribution in [1.29, 1.82) is 0 Å². The summed E-state index contributed by atoms with van der Waals surface area (Å²) in [5.41, 5.74) is 1.53. The molecule has 1 aromatic rings. The highest BCUT2D eigenvalue weighted by Gasteiger charge is 2.37. The third-order valence-corrected chi connectivity index (χ3v) is 6.49. The van der Waals surface area contributed by atoms with Gasteiger partial charge in [-0.15, -0.1) is 11.3 Å². The van der Waals surface area contributed by atoms with Gasteiger partial charge >= 0.3 is 0 Å². The van der Waals surface area contributed by atoms with Crippen molar-refractivity contribution in [2.24, 2.45) is 0 Å². The minimum Gasteiger partial charge on any atom is -0.306 e. The molecule has 118 valence electrons. The van der Waals surface area contributed by atoms with Crippen LogP contribution < -0.4 is 5.32 Å². The molecule has 4 heteroatoms. The van der Waals surface area contributed by atoms with Gasteiger partial charge in [0.2, 0.25) is 0 Å². The van der Waals surface area contributed by atoms with E-state index in [0.29, 0.717) is 6.04 Å². The molecule has 2 heterocycles. The Morgan fingerprint density at radius 1 is 1.24 bits per heavy atom. The molecule has 1 unspecified atom stereocenters. The lowest BCUT2D eigenvalue weighted by Crippen LogP contribution is -2.43. The topological polar surface area (TPSA) is 28.2 Å². The summed E-state index contributed by atoms with van der Waals surface area (Å²) in [6, 6.07) is 0.656. The van der Waals surface area contributed by atoms with Gasteiger partial charge in [-0.25, -0.2) is 4.98 Å². The molecule has 1 N–H and O–H groups in total. The van der Waals surface area contributed by atoms with E-state index in [-0.39, 0.29) is 5.54 Å². The number of fused-ring (bicyclic) bond motifs is 1. The molecular formula is C17H29N3S. The lowest BCUT2D eigenvalue weighted by atomic mass is 9.91. The van der Waals surface area contributed by atoms with Crippen LogP contribution in [-0.2, 0) is 18.4 Å². The molecule has 0 aromatic carbocycles. The smallest absolute Gasteiger partial charge is 0.113 e. The molecule has 1 aliphatic carbocycles. The monoisotopic (exact) mass is 307 g/mol. The Morgan fingerprint density at radius 2 is 2.10 bits per heavy atom. The SMILES string of the molecule is CCNC1(c2nc3c(s2)CCC3)CCCN(C(C)C)CC1. The van der Waals surface area contributed by atoms with Gasteiger partial charge in [0.25, 0.3) is 0 Å². The predicted octanol–water partition coefficient (Wildman–Crippen LogP) is 3.33. The van der Waals surface area contributed by atoms with Crippen molar-refractivity contribution in [2.75, 3.05) is 19.6 Å². The molecule has 21 heavy (non-hydrogen) atoms. The molecule has 3 rings (SSSR count). The van der Waals surface area contributed by atoms with Gasteiger partial charge in [0.05, 0.1) is 11.2 Å². The molecule has 0 amide bonds. The molecule has 3 nitrogen and oxygen atoms in total. The second-order valence-corrected chi connectivity index (χ2v) is 7.92. The van der Waals surface area contributed by atoms with Gasteiger partial charge in [-0.1, -0.05) is 6.92 Å². The molecule has 1 aromatic heterocycles.